The summed E-state index contributed by atoms with van der Waals surface area (Å²) in [5.41, 5.74) is 3.11. The van der Waals surface area contributed by atoms with E-state index in [-0.39, 0.29) is 6.04 Å². The summed E-state index contributed by atoms with van der Waals surface area (Å²) >= 11 is 0. The van der Waals surface area contributed by atoms with Crippen LogP contribution < -0.4 is 10.1 Å². The second-order valence-electron chi connectivity index (χ2n) is 9.16. The Morgan fingerprint density at radius 2 is 1.53 bits per heavy atom. The van der Waals surface area contributed by atoms with Crippen molar-refractivity contribution in [1.29, 1.82) is 0 Å². The molecule has 0 aliphatic rings. The van der Waals surface area contributed by atoms with Gasteiger partial charge in [-0.1, -0.05) is 54.1 Å². The molecule has 36 heavy (non-hydrogen) atoms. The number of aliphatic hydroxyl groups excluding tert-OH is 1. The van der Waals surface area contributed by atoms with E-state index in [2.05, 4.69) is 23.5 Å². The van der Waals surface area contributed by atoms with Gasteiger partial charge in [-0.2, -0.15) is 13.2 Å². The molecule has 0 saturated carbocycles. The van der Waals surface area contributed by atoms with Gasteiger partial charge in [0, 0.05) is 5.69 Å². The normalized spacial score (nSPS) is 13.4. The van der Waals surface area contributed by atoms with Crippen molar-refractivity contribution in [2.75, 3.05) is 12.4 Å². The van der Waals surface area contributed by atoms with Crippen molar-refractivity contribution < 1.29 is 23.0 Å². The molecule has 4 aromatic carbocycles. The lowest BCUT2D eigenvalue weighted by Gasteiger charge is -2.24. The monoisotopic (exact) mass is 493 g/mol. The van der Waals surface area contributed by atoms with Gasteiger partial charge < -0.3 is 15.2 Å². The molecular weight excluding hydrogens is 463 g/mol. The highest BCUT2D eigenvalue weighted by molar-refractivity contribution is 5.84. The minimum atomic E-state index is -4.38. The van der Waals surface area contributed by atoms with Gasteiger partial charge in [0.05, 0.1) is 24.8 Å². The number of fused-ring (bicyclic) bond motifs is 1. The third-order valence-electron chi connectivity index (χ3n) is 6.42. The molecule has 0 amide bonds. The molecule has 4 rings (SSSR count). The van der Waals surface area contributed by atoms with E-state index in [0.717, 1.165) is 45.3 Å². The Labute approximate surface area is 209 Å². The molecule has 6 heteroatoms. The Kier molecular flexibility index (Phi) is 7.85. The van der Waals surface area contributed by atoms with Crippen LogP contribution in [-0.4, -0.2) is 18.3 Å². The van der Waals surface area contributed by atoms with Gasteiger partial charge in [0.15, 0.2) is 0 Å². The quantitative estimate of drug-likeness (QED) is 0.251. The van der Waals surface area contributed by atoms with Gasteiger partial charge in [-0.3, -0.25) is 0 Å². The molecule has 0 aliphatic carbocycles. The van der Waals surface area contributed by atoms with Crippen LogP contribution in [0.5, 0.6) is 5.75 Å². The van der Waals surface area contributed by atoms with Crippen LogP contribution in [0.2, 0.25) is 0 Å². The predicted octanol–water partition coefficient (Wildman–Crippen LogP) is 7.71. The topological polar surface area (TPSA) is 41.5 Å². The summed E-state index contributed by atoms with van der Waals surface area (Å²) in [7, 11) is 1.65. The van der Waals surface area contributed by atoms with Crippen LogP contribution >= 0.6 is 0 Å². The van der Waals surface area contributed by atoms with E-state index in [1.54, 1.807) is 7.11 Å². The molecule has 0 aromatic heterocycles. The number of rotatable bonds is 9. The number of halogens is 3. The molecule has 188 valence electrons. The molecule has 0 fully saturated rings. The lowest BCUT2D eigenvalue weighted by molar-refractivity contribution is -0.137. The van der Waals surface area contributed by atoms with Crippen LogP contribution in [0, 0.1) is 6.92 Å². The maximum atomic E-state index is 12.9. The fraction of sp³-hybridized carbons (Fsp3) is 0.267. The maximum absolute atomic E-state index is 12.9. The van der Waals surface area contributed by atoms with Crippen LogP contribution in [0.4, 0.5) is 18.9 Å². The number of hydrogen-bond donors (Lipinski definition) is 2. The standard InChI is InChI=1S/C30H30F3NO2/c1-20-3-7-22(8-4-20)29(34-26-13-11-25(12-14-26)30(31,32)33)19-27(35)15-6-21-5-9-24-18-28(36-2)16-10-23(24)17-21/h3-5,7-14,16-18,27,29,34-35H,6,15,19H2,1-2H3. The van der Waals surface area contributed by atoms with Gasteiger partial charge in [-0.15, -0.1) is 0 Å². The number of alkyl halides is 3. The Bertz CT molecular complexity index is 1280. The summed E-state index contributed by atoms with van der Waals surface area (Å²) in [4.78, 5) is 0. The molecule has 3 nitrogen and oxygen atoms in total. The summed E-state index contributed by atoms with van der Waals surface area (Å²) in [6, 6.07) is 24.9. The average molecular weight is 494 g/mol. The molecule has 2 unspecified atom stereocenters. The van der Waals surface area contributed by atoms with E-state index in [9.17, 15) is 18.3 Å². The maximum Gasteiger partial charge on any atom is 0.416 e. The van der Waals surface area contributed by atoms with E-state index in [0.29, 0.717) is 24.9 Å². The number of aliphatic hydroxyl groups is 1. The highest BCUT2D eigenvalue weighted by atomic mass is 19.4. The van der Waals surface area contributed by atoms with Crippen LogP contribution in [0.15, 0.2) is 84.9 Å². The third kappa shape index (κ3) is 6.58. The van der Waals surface area contributed by atoms with Crippen LogP contribution in [0.1, 0.15) is 41.1 Å². The molecular formula is C30H30F3NO2. The molecule has 0 spiro atoms. The van der Waals surface area contributed by atoms with Crippen molar-refractivity contribution in [3.8, 4) is 5.75 Å². The second kappa shape index (κ2) is 11.0. The molecule has 0 heterocycles. The molecule has 0 bridgehead atoms. The average Bonchev–Trinajstić information content (AvgIpc) is 2.87. The lowest BCUT2D eigenvalue weighted by Crippen LogP contribution is -2.19. The SMILES string of the molecule is COc1ccc2cc(CCC(O)CC(Nc3ccc(C(F)(F)F)cc3)c3ccc(C)cc3)ccc2c1. The summed E-state index contributed by atoms with van der Waals surface area (Å²) in [6.45, 7) is 2.00. The van der Waals surface area contributed by atoms with E-state index < -0.39 is 17.8 Å². The highest BCUT2D eigenvalue weighted by Crippen LogP contribution is 2.32. The smallest absolute Gasteiger partial charge is 0.416 e. The summed E-state index contributed by atoms with van der Waals surface area (Å²) in [5, 5.41) is 16.4. The number of anilines is 1. The van der Waals surface area contributed by atoms with Crippen LogP contribution in [-0.2, 0) is 12.6 Å². The molecule has 0 saturated heterocycles. The first-order valence-electron chi connectivity index (χ1n) is 12.0. The van der Waals surface area contributed by atoms with Gasteiger partial charge in [0.1, 0.15) is 5.75 Å². The van der Waals surface area contributed by atoms with E-state index in [4.69, 9.17) is 4.74 Å². The van der Waals surface area contributed by atoms with Crippen molar-refractivity contribution in [3.63, 3.8) is 0 Å². The number of benzene rings is 4. The van der Waals surface area contributed by atoms with E-state index in [1.165, 1.54) is 12.1 Å². The fourth-order valence-electron chi connectivity index (χ4n) is 4.31. The summed E-state index contributed by atoms with van der Waals surface area (Å²) in [5.74, 6) is 0.813. The van der Waals surface area contributed by atoms with Crippen molar-refractivity contribution in [2.24, 2.45) is 0 Å². The predicted molar refractivity (Wildman–Crippen MR) is 138 cm³/mol. The molecule has 2 N–H and O–H groups in total. The number of hydrogen-bond acceptors (Lipinski definition) is 3. The van der Waals surface area contributed by atoms with E-state index >= 15 is 0 Å². The summed E-state index contributed by atoms with van der Waals surface area (Å²) in [6.07, 6.45) is -3.26. The molecule has 0 radical (unpaired) electrons. The first kappa shape index (κ1) is 25.6. The molecule has 2 atom stereocenters. The van der Waals surface area contributed by atoms with Gasteiger partial charge in [-0.25, -0.2) is 0 Å². The number of ether oxygens (including phenoxy) is 1. The van der Waals surface area contributed by atoms with Gasteiger partial charge in [-0.05, 0) is 84.5 Å². The van der Waals surface area contributed by atoms with Crippen LogP contribution in [0.25, 0.3) is 10.8 Å². The van der Waals surface area contributed by atoms with Crippen LogP contribution in [0.3, 0.4) is 0 Å². The highest BCUT2D eigenvalue weighted by Gasteiger charge is 2.30. The largest absolute Gasteiger partial charge is 0.497 e. The van der Waals surface area contributed by atoms with Gasteiger partial charge in [0.2, 0.25) is 0 Å². The first-order valence-corrected chi connectivity index (χ1v) is 12.0. The Balaban J connectivity index is 1.44. The summed E-state index contributed by atoms with van der Waals surface area (Å²) < 4.78 is 44.1. The van der Waals surface area contributed by atoms with Crippen molar-refractivity contribution in [3.05, 3.63) is 107 Å². The van der Waals surface area contributed by atoms with E-state index in [1.807, 2.05) is 49.4 Å². The lowest BCUT2D eigenvalue weighted by atomic mass is 9.95. The number of nitrogens with one attached hydrogen (secondary N) is 1. The Morgan fingerprint density at radius 3 is 2.19 bits per heavy atom. The van der Waals surface area contributed by atoms with Crippen molar-refractivity contribution in [2.45, 2.75) is 44.5 Å². The minimum Gasteiger partial charge on any atom is -0.497 e. The zero-order chi connectivity index (χ0) is 25.7. The van der Waals surface area contributed by atoms with Gasteiger partial charge in [0.25, 0.3) is 0 Å². The Morgan fingerprint density at radius 1 is 0.861 bits per heavy atom. The third-order valence-corrected chi connectivity index (χ3v) is 6.42. The second-order valence-corrected chi connectivity index (χ2v) is 9.16. The zero-order valence-electron chi connectivity index (χ0n) is 20.3. The fourth-order valence-corrected chi connectivity index (χ4v) is 4.31. The first-order chi connectivity index (χ1) is 17.2. The number of methoxy groups -OCH3 is 1. The van der Waals surface area contributed by atoms with Crippen molar-refractivity contribution in [1.82, 2.24) is 0 Å². The molecule has 0 aliphatic heterocycles. The van der Waals surface area contributed by atoms with Crippen molar-refractivity contribution >= 4 is 16.5 Å². The Hall–Kier alpha value is -3.51. The zero-order valence-corrected chi connectivity index (χ0v) is 20.3. The van der Waals surface area contributed by atoms with Gasteiger partial charge >= 0.3 is 6.18 Å². The molecule has 4 aromatic rings. The number of aryl methyl sites for hydroxylation is 2. The minimum absolute atomic E-state index is 0.249.